The van der Waals surface area contributed by atoms with E-state index in [1.165, 1.54) is 0 Å². The molecular formula is C28H37N5O5. The van der Waals surface area contributed by atoms with Crippen LogP contribution in [0.4, 0.5) is 16.3 Å². The molecular weight excluding hydrogens is 486 g/mol. The van der Waals surface area contributed by atoms with Crippen molar-refractivity contribution in [1.82, 2.24) is 14.5 Å². The van der Waals surface area contributed by atoms with E-state index < -0.39 is 5.60 Å². The number of carbonyl (C=O) groups excluding carboxylic acids is 2. The Hall–Kier alpha value is -3.95. The van der Waals surface area contributed by atoms with Crippen molar-refractivity contribution < 1.29 is 23.8 Å². The summed E-state index contributed by atoms with van der Waals surface area (Å²) in [6, 6.07) is 5.57. The maximum absolute atomic E-state index is 13.3. The topological polar surface area (TPSA) is 98.2 Å². The number of rotatable bonds is 6. The van der Waals surface area contributed by atoms with E-state index in [9.17, 15) is 9.59 Å². The van der Waals surface area contributed by atoms with Crippen molar-refractivity contribution in [2.75, 3.05) is 50.6 Å². The largest absolute Gasteiger partial charge is 0.501 e. The number of ether oxygens (including phenoxy) is 3. The van der Waals surface area contributed by atoms with Crippen molar-refractivity contribution in [2.45, 2.75) is 46.3 Å². The normalized spacial score (nSPS) is 15.6. The van der Waals surface area contributed by atoms with Gasteiger partial charge < -0.3 is 33.9 Å². The highest BCUT2D eigenvalue weighted by molar-refractivity contribution is 6.04. The first-order chi connectivity index (χ1) is 18.1. The third-order valence-corrected chi connectivity index (χ3v) is 6.48. The molecule has 2 aliphatic rings. The van der Waals surface area contributed by atoms with Crippen LogP contribution in [0.1, 0.15) is 55.9 Å². The summed E-state index contributed by atoms with van der Waals surface area (Å²) in [7, 11) is 3.27. The van der Waals surface area contributed by atoms with Crippen LogP contribution in [0.2, 0.25) is 0 Å². The number of aromatic nitrogens is 2. The van der Waals surface area contributed by atoms with Crippen LogP contribution in [-0.4, -0.2) is 72.5 Å². The van der Waals surface area contributed by atoms with Gasteiger partial charge in [0.15, 0.2) is 0 Å². The number of pyridine rings is 1. The van der Waals surface area contributed by atoms with Crippen molar-refractivity contribution in [3.63, 3.8) is 0 Å². The van der Waals surface area contributed by atoms with Crippen molar-refractivity contribution in [3.8, 4) is 0 Å². The predicted octanol–water partition coefficient (Wildman–Crippen LogP) is 4.59. The molecule has 0 unspecified atom stereocenters. The molecule has 10 heteroatoms. The van der Waals surface area contributed by atoms with E-state index in [0.717, 1.165) is 22.8 Å². The third-order valence-electron chi connectivity index (χ3n) is 6.48. The number of hydrogen-bond donors (Lipinski definition) is 1. The molecule has 4 rings (SSSR count). The Morgan fingerprint density at radius 3 is 2.39 bits per heavy atom. The first kappa shape index (κ1) is 27.1. The number of methoxy groups -OCH3 is 2. The molecule has 38 heavy (non-hydrogen) atoms. The number of hydrogen-bond acceptors (Lipinski definition) is 7. The van der Waals surface area contributed by atoms with Gasteiger partial charge in [-0.25, -0.2) is 9.78 Å². The van der Waals surface area contributed by atoms with E-state index in [-0.39, 0.29) is 12.0 Å². The fourth-order valence-electron chi connectivity index (χ4n) is 4.58. The Labute approximate surface area is 223 Å². The molecule has 1 aliphatic heterocycles. The summed E-state index contributed by atoms with van der Waals surface area (Å²) in [5.41, 5.74) is 2.33. The van der Waals surface area contributed by atoms with E-state index in [1.54, 1.807) is 25.3 Å². The van der Waals surface area contributed by atoms with E-state index in [2.05, 4.69) is 15.2 Å². The van der Waals surface area contributed by atoms with Gasteiger partial charge in [-0.1, -0.05) is 0 Å². The number of nitrogens with one attached hydrogen (secondary N) is 1. The van der Waals surface area contributed by atoms with Gasteiger partial charge in [-0.3, -0.25) is 4.79 Å². The molecule has 1 fully saturated rings. The minimum absolute atomic E-state index is 0.233. The van der Waals surface area contributed by atoms with Gasteiger partial charge in [0.2, 0.25) is 0 Å². The number of amides is 2. The summed E-state index contributed by atoms with van der Waals surface area (Å²) >= 11 is 0. The lowest BCUT2D eigenvalue weighted by Gasteiger charge is -2.36. The molecule has 3 heterocycles. The minimum Gasteiger partial charge on any atom is -0.501 e. The Morgan fingerprint density at radius 2 is 1.82 bits per heavy atom. The molecule has 2 aromatic rings. The first-order valence-electron chi connectivity index (χ1n) is 12.9. The summed E-state index contributed by atoms with van der Waals surface area (Å²) in [6.45, 7) is 10.6. The SMILES string of the molecule is CCn1c(C(=O)Nc2ccc(N3CCN(C(=O)OC(C)(C)C)CC3)nc2)cc2c1C=C(OC)CC=C2OC. The number of piperazine rings is 1. The summed E-state index contributed by atoms with van der Waals surface area (Å²) in [4.78, 5) is 34.0. The minimum atomic E-state index is -0.514. The number of allylic oxidation sites excluding steroid dienone is 1. The summed E-state index contributed by atoms with van der Waals surface area (Å²) in [5, 5.41) is 2.97. The summed E-state index contributed by atoms with van der Waals surface area (Å²) in [6.07, 6.45) is 5.89. The van der Waals surface area contributed by atoms with Gasteiger partial charge in [0.05, 0.1) is 31.8 Å². The zero-order valence-corrected chi connectivity index (χ0v) is 23.0. The average Bonchev–Trinajstić information content (AvgIpc) is 3.16. The lowest BCUT2D eigenvalue weighted by Crippen LogP contribution is -2.50. The van der Waals surface area contributed by atoms with E-state index >= 15 is 0 Å². The van der Waals surface area contributed by atoms with Gasteiger partial charge >= 0.3 is 6.09 Å². The highest BCUT2D eigenvalue weighted by Gasteiger charge is 2.27. The highest BCUT2D eigenvalue weighted by Crippen LogP contribution is 2.31. The quantitative estimate of drug-likeness (QED) is 0.591. The zero-order chi connectivity index (χ0) is 27.4. The van der Waals surface area contributed by atoms with Crippen LogP contribution in [0.5, 0.6) is 0 Å². The molecule has 1 aliphatic carbocycles. The van der Waals surface area contributed by atoms with E-state index in [0.29, 0.717) is 56.3 Å². The number of anilines is 2. The second-order valence-corrected chi connectivity index (χ2v) is 10.2. The monoisotopic (exact) mass is 523 g/mol. The molecule has 1 saturated heterocycles. The van der Waals surface area contributed by atoms with Crippen LogP contribution in [0.15, 0.2) is 36.2 Å². The summed E-state index contributed by atoms with van der Waals surface area (Å²) < 4.78 is 18.5. The second-order valence-electron chi connectivity index (χ2n) is 10.2. The maximum atomic E-state index is 13.3. The van der Waals surface area contributed by atoms with E-state index in [1.807, 2.05) is 62.6 Å². The Bertz CT molecular complexity index is 1230. The van der Waals surface area contributed by atoms with Crippen LogP contribution in [0.25, 0.3) is 11.8 Å². The van der Waals surface area contributed by atoms with Crippen LogP contribution < -0.4 is 10.2 Å². The van der Waals surface area contributed by atoms with E-state index in [4.69, 9.17) is 14.2 Å². The predicted molar refractivity (Wildman–Crippen MR) is 147 cm³/mol. The van der Waals surface area contributed by atoms with Crippen molar-refractivity contribution in [3.05, 3.63) is 53.2 Å². The molecule has 1 N–H and O–H groups in total. The molecule has 0 radical (unpaired) electrons. The standard InChI is InChI=1S/C28H37N5O5/c1-7-33-22-16-20(36-5)9-10-24(37-6)21(22)17-23(33)26(34)30-19-8-11-25(29-18-19)31-12-14-32(15-13-31)27(35)38-28(2,3)4/h8,10-11,16-18H,7,9,12-15H2,1-6H3,(H,30,34). The smallest absolute Gasteiger partial charge is 0.410 e. The van der Waals surface area contributed by atoms with Crippen LogP contribution in [0.3, 0.4) is 0 Å². The van der Waals surface area contributed by atoms with Crippen molar-refractivity contribution in [1.29, 1.82) is 0 Å². The zero-order valence-electron chi connectivity index (χ0n) is 23.0. The van der Waals surface area contributed by atoms with Crippen LogP contribution >= 0.6 is 0 Å². The Balaban J connectivity index is 1.43. The number of carbonyl (C=O) groups is 2. The molecule has 0 bridgehead atoms. The molecule has 10 nitrogen and oxygen atoms in total. The maximum Gasteiger partial charge on any atom is 0.410 e. The highest BCUT2D eigenvalue weighted by atomic mass is 16.6. The molecule has 0 saturated carbocycles. The van der Waals surface area contributed by atoms with Crippen LogP contribution in [0, 0.1) is 0 Å². The molecule has 2 aromatic heterocycles. The number of nitrogens with zero attached hydrogens (tertiary/aromatic N) is 4. The number of fused-ring (bicyclic) bond motifs is 1. The fourth-order valence-corrected chi connectivity index (χ4v) is 4.58. The van der Waals surface area contributed by atoms with Crippen molar-refractivity contribution in [2.24, 2.45) is 0 Å². The van der Waals surface area contributed by atoms with Gasteiger partial charge in [-0.15, -0.1) is 0 Å². The second kappa shape index (κ2) is 11.2. The summed E-state index contributed by atoms with van der Waals surface area (Å²) in [5.74, 6) is 2.07. The average molecular weight is 524 g/mol. The van der Waals surface area contributed by atoms with Crippen LogP contribution in [-0.2, 0) is 20.8 Å². The van der Waals surface area contributed by atoms with Gasteiger partial charge in [-0.2, -0.15) is 0 Å². The van der Waals surface area contributed by atoms with Gasteiger partial charge in [0.25, 0.3) is 5.91 Å². The fraction of sp³-hybridized carbons (Fsp3) is 0.464. The molecule has 0 atom stereocenters. The first-order valence-corrected chi connectivity index (χ1v) is 12.9. The molecule has 0 spiro atoms. The van der Waals surface area contributed by atoms with Gasteiger partial charge in [-0.05, 0) is 52.0 Å². The molecule has 2 amide bonds. The Kier molecular flexibility index (Phi) is 7.99. The lowest BCUT2D eigenvalue weighted by atomic mass is 10.2. The van der Waals surface area contributed by atoms with Gasteiger partial charge in [0.1, 0.15) is 28.6 Å². The Morgan fingerprint density at radius 1 is 1.08 bits per heavy atom. The lowest BCUT2D eigenvalue weighted by molar-refractivity contribution is 0.0240. The molecule has 0 aromatic carbocycles. The molecule has 204 valence electrons. The third kappa shape index (κ3) is 5.95. The van der Waals surface area contributed by atoms with Gasteiger partial charge in [0, 0.05) is 50.8 Å². The van der Waals surface area contributed by atoms with Crippen molar-refractivity contribution >= 4 is 35.3 Å².